The van der Waals surface area contributed by atoms with Crippen LogP contribution in [-0.2, 0) is 21.2 Å². The maximum Gasteiger partial charge on any atom is 0.261 e. The van der Waals surface area contributed by atoms with Crippen molar-refractivity contribution in [2.45, 2.75) is 11.3 Å². The van der Waals surface area contributed by atoms with E-state index in [1.165, 1.54) is 12.3 Å². The molecule has 3 N–H and O–H groups in total. The van der Waals surface area contributed by atoms with Crippen molar-refractivity contribution in [1.29, 1.82) is 0 Å². The van der Waals surface area contributed by atoms with Crippen LogP contribution >= 0.6 is 11.6 Å². The molecule has 0 saturated carbocycles. The maximum absolute atomic E-state index is 13.1. The average Bonchev–Trinajstić information content (AvgIpc) is 2.70. The maximum atomic E-state index is 13.1. The number of fused-ring (bicyclic) bond motifs is 1. The third kappa shape index (κ3) is 3.89. The summed E-state index contributed by atoms with van der Waals surface area (Å²) in [5.74, 6) is -0.838. The van der Waals surface area contributed by atoms with Crippen LogP contribution in [0.5, 0.6) is 0 Å². The molecule has 0 bridgehead atoms. The van der Waals surface area contributed by atoms with E-state index in [4.69, 9.17) is 17.3 Å². The first kappa shape index (κ1) is 20.0. The van der Waals surface area contributed by atoms with E-state index in [0.29, 0.717) is 22.4 Å². The highest BCUT2D eigenvalue weighted by Gasteiger charge is 2.20. The molecule has 152 valence electrons. The Bertz CT molecular complexity index is 1310. The third-order valence-corrected chi connectivity index (χ3v) is 6.18. The SMILES string of the molecule is NC1=Nc2ccc(-c3cnc(Cl)c(NS(=O)(=O)c4ccc(F)cc4)c3)cc2CC1=O. The molecule has 4 rings (SSSR count). The molecule has 0 radical (unpaired) electrons. The third-order valence-electron chi connectivity index (χ3n) is 4.50. The van der Waals surface area contributed by atoms with Crippen molar-refractivity contribution in [2.24, 2.45) is 10.7 Å². The lowest BCUT2D eigenvalue weighted by molar-refractivity contribution is -0.112. The summed E-state index contributed by atoms with van der Waals surface area (Å²) in [5, 5.41) is -0.0463. The Balaban J connectivity index is 1.68. The van der Waals surface area contributed by atoms with E-state index in [-0.39, 0.29) is 33.8 Å². The van der Waals surface area contributed by atoms with Gasteiger partial charge in [-0.25, -0.2) is 22.8 Å². The van der Waals surface area contributed by atoms with E-state index in [1.54, 1.807) is 18.2 Å². The number of aliphatic imine (C=N–C) groups is 1. The highest BCUT2D eigenvalue weighted by molar-refractivity contribution is 7.92. The summed E-state index contributed by atoms with van der Waals surface area (Å²) in [5.41, 5.74) is 8.23. The molecule has 1 aliphatic heterocycles. The number of aromatic nitrogens is 1. The number of amidine groups is 1. The highest BCUT2D eigenvalue weighted by atomic mass is 35.5. The number of nitrogens with zero attached hydrogens (tertiary/aromatic N) is 2. The second-order valence-corrected chi connectivity index (χ2v) is 8.60. The van der Waals surface area contributed by atoms with Gasteiger partial charge in [0, 0.05) is 18.2 Å². The molecule has 1 aliphatic rings. The summed E-state index contributed by atoms with van der Waals surface area (Å²) in [6.07, 6.45) is 1.62. The van der Waals surface area contributed by atoms with Crippen LogP contribution in [0.25, 0.3) is 11.1 Å². The largest absolute Gasteiger partial charge is 0.381 e. The number of nitrogens with two attached hydrogens (primary N) is 1. The van der Waals surface area contributed by atoms with Crippen LogP contribution in [0, 0.1) is 5.82 Å². The number of Topliss-reactive ketones (excluding diaryl/α,β-unsaturated/α-hetero) is 1. The number of hydrogen-bond acceptors (Lipinski definition) is 6. The van der Waals surface area contributed by atoms with Gasteiger partial charge in [-0.15, -0.1) is 0 Å². The van der Waals surface area contributed by atoms with Gasteiger partial charge in [0.15, 0.2) is 11.0 Å². The van der Waals surface area contributed by atoms with Gasteiger partial charge in [-0.1, -0.05) is 17.7 Å². The molecule has 10 heteroatoms. The second kappa shape index (κ2) is 7.51. The number of ketones is 1. The molecule has 7 nitrogen and oxygen atoms in total. The van der Waals surface area contributed by atoms with E-state index in [9.17, 15) is 17.6 Å². The summed E-state index contributed by atoms with van der Waals surface area (Å²) < 4.78 is 40.6. The minimum Gasteiger partial charge on any atom is -0.381 e. The topological polar surface area (TPSA) is 115 Å². The molecule has 0 saturated heterocycles. The van der Waals surface area contributed by atoms with E-state index in [1.807, 2.05) is 0 Å². The Kier molecular flexibility index (Phi) is 5.00. The summed E-state index contributed by atoms with van der Waals surface area (Å²) >= 11 is 6.08. The molecule has 1 aromatic heterocycles. The Morgan fingerprint density at radius 3 is 2.53 bits per heavy atom. The number of hydrogen-bond donors (Lipinski definition) is 2. The summed E-state index contributed by atoms with van der Waals surface area (Å²) in [6, 6.07) is 11.2. The quantitative estimate of drug-likeness (QED) is 0.598. The zero-order chi connectivity index (χ0) is 21.5. The van der Waals surface area contributed by atoms with Gasteiger partial charge in [0.05, 0.1) is 16.3 Å². The van der Waals surface area contributed by atoms with Crippen molar-refractivity contribution in [1.82, 2.24) is 4.98 Å². The number of rotatable bonds is 4. The molecular formula is C20H14ClFN4O3S. The molecule has 0 unspecified atom stereocenters. The Hall–Kier alpha value is -3.30. The standard InChI is InChI=1S/C20H14ClFN4O3S/c21-19-17(26-30(28,29)15-4-2-14(22)3-5-15)8-13(10-24-19)11-1-6-16-12(7-11)9-18(27)20(23)25-16/h1-8,10,26H,9H2,(H2,23,25). The molecular weight excluding hydrogens is 431 g/mol. The minimum atomic E-state index is -4.00. The molecule has 3 aromatic rings. The second-order valence-electron chi connectivity index (χ2n) is 6.56. The number of pyridine rings is 1. The van der Waals surface area contributed by atoms with Crippen LogP contribution in [0.2, 0.25) is 5.15 Å². The van der Waals surface area contributed by atoms with Gasteiger partial charge in [0.25, 0.3) is 10.0 Å². The normalized spacial score (nSPS) is 13.5. The summed E-state index contributed by atoms with van der Waals surface area (Å²) in [4.78, 5) is 19.8. The number of anilines is 1. The number of halogens is 2. The zero-order valence-electron chi connectivity index (χ0n) is 15.3. The smallest absolute Gasteiger partial charge is 0.261 e. The molecule has 0 fully saturated rings. The predicted octanol–water partition coefficient (Wildman–Crippen LogP) is 3.46. The molecule has 0 atom stereocenters. The van der Waals surface area contributed by atoms with E-state index >= 15 is 0 Å². The van der Waals surface area contributed by atoms with Crippen LogP contribution in [0.4, 0.5) is 15.8 Å². The van der Waals surface area contributed by atoms with Crippen LogP contribution in [-0.4, -0.2) is 25.0 Å². The molecule has 0 spiro atoms. The fraction of sp³-hybridized carbons (Fsp3) is 0.0500. The Morgan fingerprint density at radius 1 is 1.07 bits per heavy atom. The fourth-order valence-corrected chi connectivity index (χ4v) is 4.23. The molecule has 0 amide bonds. The van der Waals surface area contributed by atoms with Crippen molar-refractivity contribution in [2.75, 3.05) is 4.72 Å². The number of carbonyl (C=O) groups is 1. The van der Waals surface area contributed by atoms with Gasteiger partial charge in [-0.3, -0.25) is 9.52 Å². The van der Waals surface area contributed by atoms with E-state index in [2.05, 4.69) is 14.7 Å². The first-order chi connectivity index (χ1) is 14.2. The summed E-state index contributed by atoms with van der Waals surface area (Å²) in [6.45, 7) is 0. The van der Waals surface area contributed by atoms with Crippen molar-refractivity contribution in [3.63, 3.8) is 0 Å². The Morgan fingerprint density at radius 2 is 1.80 bits per heavy atom. The number of carbonyl (C=O) groups excluding carboxylic acids is 1. The first-order valence-electron chi connectivity index (χ1n) is 8.67. The van der Waals surface area contributed by atoms with Gasteiger partial charge in [0.1, 0.15) is 5.82 Å². The summed E-state index contributed by atoms with van der Waals surface area (Å²) in [7, 11) is -4.00. The molecule has 30 heavy (non-hydrogen) atoms. The molecule has 2 aromatic carbocycles. The lowest BCUT2D eigenvalue weighted by atomic mass is 9.98. The molecule has 2 heterocycles. The van der Waals surface area contributed by atoms with Gasteiger partial charge >= 0.3 is 0 Å². The van der Waals surface area contributed by atoms with E-state index in [0.717, 1.165) is 24.3 Å². The van der Waals surface area contributed by atoms with Crippen LogP contribution < -0.4 is 10.5 Å². The lowest BCUT2D eigenvalue weighted by Gasteiger charge is -2.14. The first-order valence-corrected chi connectivity index (χ1v) is 10.5. The van der Waals surface area contributed by atoms with Crippen molar-refractivity contribution in [3.05, 3.63) is 71.3 Å². The van der Waals surface area contributed by atoms with Crippen LogP contribution in [0.3, 0.4) is 0 Å². The Labute approximate surface area is 176 Å². The number of sulfonamides is 1. The van der Waals surface area contributed by atoms with Gasteiger partial charge in [-0.05, 0) is 53.6 Å². The lowest BCUT2D eigenvalue weighted by Crippen LogP contribution is -2.27. The number of nitrogens with one attached hydrogen (secondary N) is 1. The predicted molar refractivity (Wildman–Crippen MR) is 112 cm³/mol. The van der Waals surface area contributed by atoms with Gasteiger partial charge in [-0.2, -0.15) is 0 Å². The minimum absolute atomic E-state index is 0.0269. The van der Waals surface area contributed by atoms with Crippen molar-refractivity contribution in [3.8, 4) is 11.1 Å². The monoisotopic (exact) mass is 444 g/mol. The average molecular weight is 445 g/mol. The molecule has 0 aliphatic carbocycles. The van der Waals surface area contributed by atoms with Gasteiger partial charge in [0.2, 0.25) is 5.78 Å². The number of benzene rings is 2. The van der Waals surface area contributed by atoms with Crippen molar-refractivity contribution < 1.29 is 17.6 Å². The van der Waals surface area contributed by atoms with E-state index < -0.39 is 15.8 Å². The van der Waals surface area contributed by atoms with Crippen LogP contribution in [0.15, 0.2) is 64.6 Å². The van der Waals surface area contributed by atoms with Crippen molar-refractivity contribution >= 4 is 44.6 Å². The zero-order valence-corrected chi connectivity index (χ0v) is 16.8. The highest BCUT2D eigenvalue weighted by Crippen LogP contribution is 2.32. The fourth-order valence-electron chi connectivity index (χ4n) is 2.97. The van der Waals surface area contributed by atoms with Gasteiger partial charge < -0.3 is 5.73 Å². The van der Waals surface area contributed by atoms with Crippen LogP contribution in [0.1, 0.15) is 5.56 Å².